The Morgan fingerprint density at radius 3 is 2.76 bits per heavy atom. The highest BCUT2D eigenvalue weighted by Crippen LogP contribution is 2.14. The molecule has 0 unspecified atom stereocenters. The van der Waals surface area contributed by atoms with Gasteiger partial charge in [-0.3, -0.25) is 4.79 Å². The van der Waals surface area contributed by atoms with Gasteiger partial charge < -0.3 is 11.1 Å². The molecule has 0 fully saturated rings. The molecular formula is C13H22N2OS. The lowest BCUT2D eigenvalue weighted by molar-refractivity contribution is -0.121. The van der Waals surface area contributed by atoms with Crippen molar-refractivity contribution in [3.8, 4) is 0 Å². The molecule has 1 heterocycles. The summed E-state index contributed by atoms with van der Waals surface area (Å²) >= 11 is 1.70. The van der Waals surface area contributed by atoms with Gasteiger partial charge in [-0.25, -0.2) is 0 Å². The number of aryl methyl sites for hydroxylation is 1. The van der Waals surface area contributed by atoms with Gasteiger partial charge in [-0.1, -0.05) is 12.8 Å². The van der Waals surface area contributed by atoms with E-state index in [-0.39, 0.29) is 5.91 Å². The van der Waals surface area contributed by atoms with E-state index in [1.165, 1.54) is 10.4 Å². The van der Waals surface area contributed by atoms with Crippen LogP contribution in [0.25, 0.3) is 0 Å². The van der Waals surface area contributed by atoms with Gasteiger partial charge in [0, 0.05) is 11.3 Å². The fraction of sp³-hybridized carbons (Fsp3) is 0.615. The predicted molar refractivity (Wildman–Crippen MR) is 73.0 cm³/mol. The van der Waals surface area contributed by atoms with Gasteiger partial charge in [-0.2, -0.15) is 0 Å². The van der Waals surface area contributed by atoms with Crippen LogP contribution in [-0.2, 0) is 11.3 Å². The highest BCUT2D eigenvalue weighted by molar-refractivity contribution is 7.10. The van der Waals surface area contributed by atoms with Gasteiger partial charge in [-0.15, -0.1) is 11.3 Å². The first kappa shape index (κ1) is 14.2. The average Bonchev–Trinajstić information content (AvgIpc) is 2.72. The zero-order chi connectivity index (χ0) is 12.5. The Hall–Kier alpha value is -0.870. The summed E-state index contributed by atoms with van der Waals surface area (Å²) in [5, 5.41) is 5.02. The van der Waals surface area contributed by atoms with E-state index >= 15 is 0 Å². The van der Waals surface area contributed by atoms with Gasteiger partial charge in [0.25, 0.3) is 0 Å². The van der Waals surface area contributed by atoms with E-state index in [1.807, 2.05) is 0 Å². The monoisotopic (exact) mass is 254 g/mol. The van der Waals surface area contributed by atoms with E-state index in [1.54, 1.807) is 11.3 Å². The van der Waals surface area contributed by atoms with Crippen molar-refractivity contribution in [1.29, 1.82) is 0 Å². The minimum Gasteiger partial charge on any atom is -0.351 e. The minimum atomic E-state index is 0.158. The van der Waals surface area contributed by atoms with Crippen LogP contribution in [0.4, 0.5) is 0 Å². The summed E-state index contributed by atoms with van der Waals surface area (Å²) in [6, 6.07) is 2.08. The molecule has 0 saturated heterocycles. The number of nitrogens with two attached hydrogens (primary N) is 1. The fourth-order valence-corrected chi connectivity index (χ4v) is 2.48. The molecule has 0 spiro atoms. The molecule has 0 aliphatic rings. The maximum Gasteiger partial charge on any atom is 0.220 e. The quantitative estimate of drug-likeness (QED) is 0.701. The molecule has 0 saturated carbocycles. The molecule has 1 rings (SSSR count). The van der Waals surface area contributed by atoms with E-state index in [2.05, 4.69) is 23.7 Å². The highest BCUT2D eigenvalue weighted by Gasteiger charge is 2.03. The molecule has 1 amide bonds. The largest absolute Gasteiger partial charge is 0.351 e. The topological polar surface area (TPSA) is 55.1 Å². The Labute approximate surface area is 107 Å². The third-order valence-electron chi connectivity index (χ3n) is 2.77. The summed E-state index contributed by atoms with van der Waals surface area (Å²) in [5.74, 6) is 0.158. The van der Waals surface area contributed by atoms with Crippen LogP contribution in [0, 0.1) is 6.92 Å². The first-order valence-corrected chi connectivity index (χ1v) is 7.11. The molecule has 0 aliphatic heterocycles. The van der Waals surface area contributed by atoms with Crippen LogP contribution in [0.1, 0.15) is 42.5 Å². The zero-order valence-corrected chi connectivity index (χ0v) is 11.3. The van der Waals surface area contributed by atoms with Crippen molar-refractivity contribution in [2.75, 3.05) is 6.54 Å². The summed E-state index contributed by atoms with van der Waals surface area (Å²) < 4.78 is 0. The van der Waals surface area contributed by atoms with Gasteiger partial charge >= 0.3 is 0 Å². The molecule has 4 heteroatoms. The van der Waals surface area contributed by atoms with Gasteiger partial charge in [0.05, 0.1) is 6.54 Å². The number of rotatable bonds is 8. The molecule has 3 N–H and O–H groups in total. The Morgan fingerprint density at radius 1 is 1.35 bits per heavy atom. The standard InChI is InChI=1S/C13H22N2OS/c1-11-7-9-17-12(11)10-15-13(16)6-4-2-3-5-8-14/h7,9H,2-6,8,10,14H2,1H3,(H,15,16). The van der Waals surface area contributed by atoms with Crippen molar-refractivity contribution >= 4 is 17.2 Å². The molecule has 1 aromatic rings. The molecule has 0 aromatic carbocycles. The number of thiophene rings is 1. The summed E-state index contributed by atoms with van der Waals surface area (Å²) in [6.07, 6.45) is 4.90. The van der Waals surface area contributed by atoms with E-state index in [0.717, 1.165) is 32.2 Å². The van der Waals surface area contributed by atoms with Crippen LogP contribution in [0.2, 0.25) is 0 Å². The first-order valence-electron chi connectivity index (χ1n) is 6.23. The van der Waals surface area contributed by atoms with Crippen LogP contribution in [0.15, 0.2) is 11.4 Å². The molecule has 1 aromatic heterocycles. The summed E-state index contributed by atoms with van der Waals surface area (Å²) in [4.78, 5) is 12.8. The lowest BCUT2D eigenvalue weighted by Crippen LogP contribution is -2.22. The number of carbonyl (C=O) groups excluding carboxylic acids is 1. The molecule has 0 bridgehead atoms. The molecule has 0 aliphatic carbocycles. The number of unbranched alkanes of at least 4 members (excludes halogenated alkanes) is 3. The number of carbonyl (C=O) groups is 1. The van der Waals surface area contributed by atoms with Crippen LogP contribution < -0.4 is 11.1 Å². The second-order valence-corrected chi connectivity index (χ2v) is 5.26. The van der Waals surface area contributed by atoms with Gasteiger partial charge in [0.2, 0.25) is 5.91 Å². The summed E-state index contributed by atoms with van der Waals surface area (Å²) in [5.41, 5.74) is 6.67. The maximum atomic E-state index is 11.6. The molecule has 96 valence electrons. The molecule has 3 nitrogen and oxygen atoms in total. The smallest absolute Gasteiger partial charge is 0.220 e. The maximum absolute atomic E-state index is 11.6. The van der Waals surface area contributed by atoms with E-state index < -0.39 is 0 Å². The second-order valence-electron chi connectivity index (χ2n) is 4.26. The number of amides is 1. The Bertz CT molecular complexity index is 336. The van der Waals surface area contributed by atoms with Crippen molar-refractivity contribution in [2.24, 2.45) is 5.73 Å². The number of hydrogen-bond donors (Lipinski definition) is 2. The van der Waals surface area contributed by atoms with E-state index in [4.69, 9.17) is 5.73 Å². The lowest BCUT2D eigenvalue weighted by atomic mass is 10.1. The van der Waals surface area contributed by atoms with Crippen LogP contribution in [0.3, 0.4) is 0 Å². The van der Waals surface area contributed by atoms with Gasteiger partial charge in [0.15, 0.2) is 0 Å². The predicted octanol–water partition coefficient (Wildman–Crippen LogP) is 2.58. The SMILES string of the molecule is Cc1ccsc1CNC(=O)CCCCCCN. The van der Waals surface area contributed by atoms with E-state index in [9.17, 15) is 4.79 Å². The zero-order valence-electron chi connectivity index (χ0n) is 10.5. The molecular weight excluding hydrogens is 232 g/mol. The summed E-state index contributed by atoms with van der Waals surface area (Å²) in [6.45, 7) is 3.50. The first-order chi connectivity index (χ1) is 8.24. The molecule has 0 radical (unpaired) electrons. The number of nitrogens with one attached hydrogen (secondary N) is 1. The van der Waals surface area contributed by atoms with Crippen molar-refractivity contribution in [3.05, 3.63) is 21.9 Å². The Morgan fingerprint density at radius 2 is 2.12 bits per heavy atom. The van der Waals surface area contributed by atoms with Crippen molar-refractivity contribution in [3.63, 3.8) is 0 Å². The summed E-state index contributed by atoms with van der Waals surface area (Å²) in [7, 11) is 0. The number of hydrogen-bond acceptors (Lipinski definition) is 3. The Kier molecular flexibility index (Phi) is 6.89. The fourth-order valence-electron chi connectivity index (χ4n) is 1.64. The average molecular weight is 254 g/mol. The highest BCUT2D eigenvalue weighted by atomic mass is 32.1. The van der Waals surface area contributed by atoms with Crippen LogP contribution in [-0.4, -0.2) is 12.5 Å². The molecule has 17 heavy (non-hydrogen) atoms. The van der Waals surface area contributed by atoms with Crippen molar-refractivity contribution in [2.45, 2.75) is 45.6 Å². The lowest BCUT2D eigenvalue weighted by Gasteiger charge is -2.04. The van der Waals surface area contributed by atoms with Crippen LogP contribution >= 0.6 is 11.3 Å². The Balaban J connectivity index is 2.07. The van der Waals surface area contributed by atoms with E-state index in [0.29, 0.717) is 13.0 Å². The van der Waals surface area contributed by atoms with Gasteiger partial charge in [0.1, 0.15) is 0 Å². The van der Waals surface area contributed by atoms with Crippen molar-refractivity contribution in [1.82, 2.24) is 5.32 Å². The third kappa shape index (κ3) is 5.84. The normalized spacial score (nSPS) is 10.5. The van der Waals surface area contributed by atoms with Crippen LogP contribution in [0.5, 0.6) is 0 Å². The molecule has 0 atom stereocenters. The minimum absolute atomic E-state index is 0.158. The second kappa shape index (κ2) is 8.25. The van der Waals surface area contributed by atoms with Crippen molar-refractivity contribution < 1.29 is 4.79 Å². The third-order valence-corrected chi connectivity index (χ3v) is 3.80. The van der Waals surface area contributed by atoms with Gasteiger partial charge in [-0.05, 0) is 43.3 Å².